The lowest BCUT2D eigenvalue weighted by molar-refractivity contribution is -0.124. The Morgan fingerprint density at radius 2 is 1.96 bits per heavy atom. The van der Waals surface area contributed by atoms with Crippen molar-refractivity contribution in [2.45, 2.75) is 26.3 Å². The van der Waals surface area contributed by atoms with Crippen molar-refractivity contribution in [3.8, 4) is 0 Å². The molecule has 0 aliphatic carbocycles. The molecular weight excluding hydrogens is 292 g/mol. The van der Waals surface area contributed by atoms with Crippen LogP contribution in [0.15, 0.2) is 48.8 Å². The van der Waals surface area contributed by atoms with E-state index in [4.69, 9.17) is 4.74 Å². The Kier molecular flexibility index (Phi) is 5.86. The molecule has 0 aliphatic rings. The lowest BCUT2D eigenvalue weighted by atomic mass is 10.1. The summed E-state index contributed by atoms with van der Waals surface area (Å²) in [6.07, 6.45) is 3.94. The van der Waals surface area contributed by atoms with E-state index < -0.39 is 5.97 Å². The normalized spacial score (nSPS) is 11.6. The SMILES string of the molecule is CCc1ccc([C@H](C)NC(=O)COC(=O)c2cccnc2)cc1. The number of rotatable bonds is 6. The Morgan fingerprint density at radius 3 is 2.57 bits per heavy atom. The number of esters is 1. The average Bonchev–Trinajstić information content (AvgIpc) is 2.60. The van der Waals surface area contributed by atoms with Crippen molar-refractivity contribution in [1.82, 2.24) is 10.3 Å². The number of nitrogens with one attached hydrogen (secondary N) is 1. The molecule has 1 heterocycles. The summed E-state index contributed by atoms with van der Waals surface area (Å²) in [5, 5.41) is 2.81. The molecular formula is C18H20N2O3. The van der Waals surface area contributed by atoms with Gasteiger partial charge in [0.25, 0.3) is 5.91 Å². The summed E-state index contributed by atoms with van der Waals surface area (Å²) in [7, 11) is 0. The monoisotopic (exact) mass is 312 g/mol. The van der Waals surface area contributed by atoms with Crippen molar-refractivity contribution >= 4 is 11.9 Å². The van der Waals surface area contributed by atoms with Crippen LogP contribution in [0.2, 0.25) is 0 Å². The van der Waals surface area contributed by atoms with Gasteiger partial charge in [-0.1, -0.05) is 31.2 Å². The first-order valence-electron chi connectivity index (χ1n) is 7.55. The lowest BCUT2D eigenvalue weighted by Gasteiger charge is -2.15. The van der Waals surface area contributed by atoms with Crippen molar-refractivity contribution in [3.05, 3.63) is 65.5 Å². The highest BCUT2D eigenvalue weighted by Crippen LogP contribution is 2.13. The fourth-order valence-electron chi connectivity index (χ4n) is 2.11. The van der Waals surface area contributed by atoms with Crippen LogP contribution in [0.3, 0.4) is 0 Å². The van der Waals surface area contributed by atoms with Gasteiger partial charge in [-0.3, -0.25) is 9.78 Å². The number of benzene rings is 1. The van der Waals surface area contributed by atoms with Gasteiger partial charge >= 0.3 is 5.97 Å². The van der Waals surface area contributed by atoms with E-state index >= 15 is 0 Å². The minimum Gasteiger partial charge on any atom is -0.452 e. The van der Waals surface area contributed by atoms with Crippen molar-refractivity contribution < 1.29 is 14.3 Å². The molecule has 0 saturated heterocycles. The van der Waals surface area contributed by atoms with Gasteiger partial charge in [-0.25, -0.2) is 4.79 Å². The molecule has 2 rings (SSSR count). The Labute approximate surface area is 135 Å². The van der Waals surface area contributed by atoms with E-state index in [-0.39, 0.29) is 18.6 Å². The minimum atomic E-state index is -0.562. The minimum absolute atomic E-state index is 0.148. The second-order valence-electron chi connectivity index (χ2n) is 5.20. The standard InChI is InChI=1S/C18H20N2O3/c1-3-14-6-8-15(9-7-14)13(2)20-17(21)12-23-18(22)16-5-4-10-19-11-16/h4-11,13H,3,12H2,1-2H3,(H,20,21)/t13-/m0/s1. The van der Waals surface area contributed by atoms with Gasteiger partial charge in [-0.2, -0.15) is 0 Å². The average molecular weight is 312 g/mol. The zero-order valence-corrected chi connectivity index (χ0v) is 13.3. The maximum absolute atomic E-state index is 11.9. The number of pyridine rings is 1. The van der Waals surface area contributed by atoms with Crippen LogP contribution >= 0.6 is 0 Å². The van der Waals surface area contributed by atoms with Crippen LogP contribution in [0.25, 0.3) is 0 Å². The number of nitrogens with zero attached hydrogens (tertiary/aromatic N) is 1. The Hall–Kier alpha value is -2.69. The summed E-state index contributed by atoms with van der Waals surface area (Å²) in [5.41, 5.74) is 2.58. The van der Waals surface area contributed by atoms with Gasteiger partial charge in [0.05, 0.1) is 11.6 Å². The van der Waals surface area contributed by atoms with Crippen molar-refractivity contribution in [2.24, 2.45) is 0 Å². The number of aryl methyl sites for hydroxylation is 1. The van der Waals surface area contributed by atoms with Crippen LogP contribution in [-0.2, 0) is 16.0 Å². The molecule has 0 saturated carbocycles. The highest BCUT2D eigenvalue weighted by molar-refractivity contribution is 5.90. The molecule has 1 aromatic heterocycles. The number of hydrogen-bond acceptors (Lipinski definition) is 4. The summed E-state index contributed by atoms with van der Waals surface area (Å²) in [5.74, 6) is -0.900. The molecule has 0 unspecified atom stereocenters. The molecule has 5 heteroatoms. The van der Waals surface area contributed by atoms with E-state index in [1.807, 2.05) is 31.2 Å². The molecule has 120 valence electrons. The smallest absolute Gasteiger partial charge is 0.340 e. The Balaban J connectivity index is 1.83. The molecule has 23 heavy (non-hydrogen) atoms. The van der Waals surface area contributed by atoms with Gasteiger partial charge in [0.2, 0.25) is 0 Å². The van der Waals surface area contributed by atoms with E-state index in [0.29, 0.717) is 5.56 Å². The third-order valence-corrected chi connectivity index (χ3v) is 3.50. The van der Waals surface area contributed by atoms with E-state index in [0.717, 1.165) is 12.0 Å². The third-order valence-electron chi connectivity index (χ3n) is 3.50. The van der Waals surface area contributed by atoms with E-state index in [2.05, 4.69) is 17.2 Å². The van der Waals surface area contributed by atoms with Crippen LogP contribution in [0.5, 0.6) is 0 Å². The first kappa shape index (κ1) is 16.7. The summed E-state index contributed by atoms with van der Waals surface area (Å²) in [6.45, 7) is 3.67. The second kappa shape index (κ2) is 8.08. The molecule has 0 bridgehead atoms. The molecule has 1 amide bonds. The van der Waals surface area contributed by atoms with Crippen LogP contribution in [0.4, 0.5) is 0 Å². The molecule has 0 radical (unpaired) electrons. The predicted molar refractivity (Wildman–Crippen MR) is 86.9 cm³/mol. The fraction of sp³-hybridized carbons (Fsp3) is 0.278. The zero-order chi connectivity index (χ0) is 16.7. The van der Waals surface area contributed by atoms with Gasteiger partial charge in [0, 0.05) is 12.4 Å². The molecule has 1 atom stereocenters. The van der Waals surface area contributed by atoms with Crippen LogP contribution in [-0.4, -0.2) is 23.5 Å². The van der Waals surface area contributed by atoms with Gasteiger partial charge in [-0.05, 0) is 36.6 Å². The first-order chi connectivity index (χ1) is 11.1. The van der Waals surface area contributed by atoms with Crippen LogP contribution in [0.1, 0.15) is 41.4 Å². The predicted octanol–water partition coefficient (Wildman–Crippen LogP) is 2.68. The maximum Gasteiger partial charge on any atom is 0.340 e. The van der Waals surface area contributed by atoms with Crippen molar-refractivity contribution in [1.29, 1.82) is 0 Å². The topological polar surface area (TPSA) is 68.3 Å². The molecule has 0 aliphatic heterocycles. The number of hydrogen-bond donors (Lipinski definition) is 1. The number of carbonyl (C=O) groups is 2. The van der Waals surface area contributed by atoms with Crippen LogP contribution < -0.4 is 5.32 Å². The molecule has 1 aromatic carbocycles. The zero-order valence-electron chi connectivity index (χ0n) is 13.3. The van der Waals surface area contributed by atoms with Gasteiger partial charge in [0.1, 0.15) is 0 Å². The number of carbonyl (C=O) groups excluding carboxylic acids is 2. The fourth-order valence-corrected chi connectivity index (χ4v) is 2.11. The summed E-state index contributed by atoms with van der Waals surface area (Å²) in [4.78, 5) is 27.4. The van der Waals surface area contributed by atoms with E-state index in [9.17, 15) is 9.59 Å². The molecule has 0 spiro atoms. The Bertz CT molecular complexity index is 654. The van der Waals surface area contributed by atoms with Crippen molar-refractivity contribution in [2.75, 3.05) is 6.61 Å². The first-order valence-corrected chi connectivity index (χ1v) is 7.55. The third kappa shape index (κ3) is 4.92. The largest absolute Gasteiger partial charge is 0.452 e. The van der Waals surface area contributed by atoms with Gasteiger partial charge < -0.3 is 10.1 Å². The highest BCUT2D eigenvalue weighted by Gasteiger charge is 2.13. The number of ether oxygens (including phenoxy) is 1. The highest BCUT2D eigenvalue weighted by atomic mass is 16.5. The molecule has 5 nitrogen and oxygen atoms in total. The van der Waals surface area contributed by atoms with Gasteiger partial charge in [-0.15, -0.1) is 0 Å². The number of aromatic nitrogens is 1. The lowest BCUT2D eigenvalue weighted by Crippen LogP contribution is -2.31. The molecule has 2 aromatic rings. The van der Waals surface area contributed by atoms with Gasteiger partial charge in [0.15, 0.2) is 6.61 Å². The maximum atomic E-state index is 11.9. The summed E-state index contributed by atoms with van der Waals surface area (Å²) < 4.78 is 4.97. The second-order valence-corrected chi connectivity index (χ2v) is 5.20. The van der Waals surface area contributed by atoms with Crippen molar-refractivity contribution in [3.63, 3.8) is 0 Å². The molecule has 0 fully saturated rings. The quantitative estimate of drug-likeness (QED) is 0.833. The number of amides is 1. The van der Waals surface area contributed by atoms with Crippen LogP contribution in [0, 0.1) is 0 Å². The van der Waals surface area contributed by atoms with E-state index in [1.165, 1.54) is 11.8 Å². The summed E-state index contributed by atoms with van der Waals surface area (Å²) in [6, 6.07) is 11.1. The summed E-state index contributed by atoms with van der Waals surface area (Å²) >= 11 is 0. The molecule has 1 N–H and O–H groups in total. The van der Waals surface area contributed by atoms with E-state index in [1.54, 1.807) is 18.3 Å². The Morgan fingerprint density at radius 1 is 1.22 bits per heavy atom.